The van der Waals surface area contributed by atoms with Crippen LogP contribution in [0.4, 0.5) is 11.6 Å². The number of ether oxygens (including phenoxy) is 1. The van der Waals surface area contributed by atoms with Crippen molar-refractivity contribution in [2.24, 2.45) is 0 Å². The van der Waals surface area contributed by atoms with E-state index >= 15 is 0 Å². The van der Waals surface area contributed by atoms with Gasteiger partial charge in [-0.05, 0) is 24.6 Å². The van der Waals surface area contributed by atoms with Crippen LogP contribution in [0.15, 0.2) is 36.5 Å². The molecule has 5 nitrogen and oxygen atoms in total. The zero-order chi connectivity index (χ0) is 13.7. The van der Waals surface area contributed by atoms with E-state index in [1.807, 2.05) is 24.3 Å². The Kier molecular flexibility index (Phi) is 4.18. The SMILES string of the molecule is CCN(Cc1ccc(N)cc1)c1nccc(OC)n1. The fourth-order valence-electron chi connectivity index (χ4n) is 1.77. The second kappa shape index (κ2) is 6.04. The molecule has 0 saturated heterocycles. The number of hydrogen-bond donors (Lipinski definition) is 1. The minimum Gasteiger partial charge on any atom is -0.481 e. The van der Waals surface area contributed by atoms with Crippen LogP contribution < -0.4 is 15.4 Å². The Morgan fingerprint density at radius 1 is 1.21 bits per heavy atom. The molecule has 0 radical (unpaired) electrons. The topological polar surface area (TPSA) is 64.3 Å². The van der Waals surface area contributed by atoms with Gasteiger partial charge in [-0.25, -0.2) is 4.98 Å². The molecule has 2 rings (SSSR count). The molecular weight excluding hydrogens is 240 g/mol. The molecule has 0 saturated carbocycles. The van der Waals surface area contributed by atoms with E-state index < -0.39 is 0 Å². The van der Waals surface area contributed by atoms with Crippen LogP contribution in [0, 0.1) is 0 Å². The van der Waals surface area contributed by atoms with Crippen LogP contribution in [0.2, 0.25) is 0 Å². The van der Waals surface area contributed by atoms with E-state index in [1.54, 1.807) is 19.4 Å². The van der Waals surface area contributed by atoms with Crippen molar-refractivity contribution >= 4 is 11.6 Å². The minimum atomic E-state index is 0.570. The molecule has 0 fully saturated rings. The molecule has 0 unspecified atom stereocenters. The monoisotopic (exact) mass is 258 g/mol. The molecule has 2 aromatic rings. The first-order valence-corrected chi connectivity index (χ1v) is 6.19. The molecule has 0 spiro atoms. The number of rotatable bonds is 5. The van der Waals surface area contributed by atoms with E-state index in [1.165, 1.54) is 5.56 Å². The highest BCUT2D eigenvalue weighted by atomic mass is 16.5. The largest absolute Gasteiger partial charge is 0.481 e. The number of hydrogen-bond acceptors (Lipinski definition) is 5. The molecule has 1 heterocycles. The third-order valence-corrected chi connectivity index (χ3v) is 2.84. The number of nitrogen functional groups attached to an aromatic ring is 1. The second-order valence-electron chi connectivity index (χ2n) is 4.15. The fourth-order valence-corrected chi connectivity index (χ4v) is 1.77. The van der Waals surface area contributed by atoms with Crippen molar-refractivity contribution in [2.75, 3.05) is 24.3 Å². The zero-order valence-corrected chi connectivity index (χ0v) is 11.2. The molecule has 1 aromatic carbocycles. The first kappa shape index (κ1) is 13.1. The quantitative estimate of drug-likeness (QED) is 0.832. The minimum absolute atomic E-state index is 0.570. The van der Waals surface area contributed by atoms with Crippen LogP contribution >= 0.6 is 0 Å². The second-order valence-corrected chi connectivity index (χ2v) is 4.15. The van der Waals surface area contributed by atoms with Gasteiger partial charge in [0.15, 0.2) is 0 Å². The lowest BCUT2D eigenvalue weighted by Gasteiger charge is -2.21. The van der Waals surface area contributed by atoms with Crippen LogP contribution in [0.3, 0.4) is 0 Å². The Hall–Kier alpha value is -2.30. The summed E-state index contributed by atoms with van der Waals surface area (Å²) in [7, 11) is 1.60. The summed E-state index contributed by atoms with van der Waals surface area (Å²) in [4.78, 5) is 10.7. The van der Waals surface area contributed by atoms with Crippen LogP contribution in [0.25, 0.3) is 0 Å². The summed E-state index contributed by atoms with van der Waals surface area (Å²) in [6, 6.07) is 9.56. The maximum atomic E-state index is 5.68. The van der Waals surface area contributed by atoms with E-state index in [0.29, 0.717) is 11.8 Å². The Labute approximate surface area is 113 Å². The van der Waals surface area contributed by atoms with Gasteiger partial charge in [-0.3, -0.25) is 0 Å². The van der Waals surface area contributed by atoms with Gasteiger partial charge in [-0.2, -0.15) is 4.98 Å². The summed E-state index contributed by atoms with van der Waals surface area (Å²) < 4.78 is 5.12. The van der Waals surface area contributed by atoms with Crippen LogP contribution in [-0.2, 0) is 6.54 Å². The van der Waals surface area contributed by atoms with E-state index in [9.17, 15) is 0 Å². The highest BCUT2D eigenvalue weighted by Gasteiger charge is 2.09. The standard InChI is InChI=1S/C14H18N4O/c1-3-18(10-11-4-6-12(15)7-5-11)14-16-9-8-13(17-14)19-2/h4-9H,3,10,15H2,1-2H3. The number of anilines is 2. The first-order chi connectivity index (χ1) is 9.22. The number of methoxy groups -OCH3 is 1. The molecule has 5 heteroatoms. The summed E-state index contributed by atoms with van der Waals surface area (Å²) in [5.74, 6) is 1.24. The average Bonchev–Trinajstić information content (AvgIpc) is 2.46. The van der Waals surface area contributed by atoms with E-state index in [-0.39, 0.29) is 0 Å². The normalized spacial score (nSPS) is 10.2. The molecule has 0 aliphatic carbocycles. The molecular formula is C14H18N4O. The predicted octanol–water partition coefficient (Wildman–Crippen LogP) is 2.09. The molecule has 0 aliphatic rings. The highest BCUT2D eigenvalue weighted by molar-refractivity contribution is 5.41. The summed E-state index contributed by atoms with van der Waals surface area (Å²) >= 11 is 0. The van der Waals surface area contributed by atoms with E-state index in [0.717, 1.165) is 18.8 Å². The van der Waals surface area contributed by atoms with E-state index in [2.05, 4.69) is 21.8 Å². The van der Waals surface area contributed by atoms with Crippen LogP contribution in [0.5, 0.6) is 5.88 Å². The summed E-state index contributed by atoms with van der Waals surface area (Å²) in [5.41, 5.74) is 7.62. The van der Waals surface area contributed by atoms with Gasteiger partial charge in [0, 0.05) is 31.0 Å². The maximum Gasteiger partial charge on any atom is 0.228 e. The first-order valence-electron chi connectivity index (χ1n) is 6.19. The molecule has 0 atom stereocenters. The molecule has 19 heavy (non-hydrogen) atoms. The number of benzene rings is 1. The number of nitrogens with two attached hydrogens (primary N) is 1. The molecule has 100 valence electrons. The molecule has 0 bridgehead atoms. The molecule has 2 N–H and O–H groups in total. The fraction of sp³-hybridized carbons (Fsp3) is 0.286. The Morgan fingerprint density at radius 2 is 1.95 bits per heavy atom. The van der Waals surface area contributed by atoms with Gasteiger partial charge in [-0.15, -0.1) is 0 Å². The smallest absolute Gasteiger partial charge is 0.228 e. The van der Waals surface area contributed by atoms with Gasteiger partial charge in [0.25, 0.3) is 0 Å². The van der Waals surface area contributed by atoms with Gasteiger partial charge >= 0.3 is 0 Å². The van der Waals surface area contributed by atoms with Crippen molar-refractivity contribution in [3.8, 4) is 5.88 Å². The third kappa shape index (κ3) is 3.34. The van der Waals surface area contributed by atoms with Crippen molar-refractivity contribution in [2.45, 2.75) is 13.5 Å². The average molecular weight is 258 g/mol. The lowest BCUT2D eigenvalue weighted by Crippen LogP contribution is -2.24. The maximum absolute atomic E-state index is 5.68. The molecule has 0 amide bonds. The van der Waals surface area contributed by atoms with Gasteiger partial charge in [0.1, 0.15) is 0 Å². The summed E-state index contributed by atoms with van der Waals surface area (Å²) in [6.07, 6.45) is 1.70. The Morgan fingerprint density at radius 3 is 2.58 bits per heavy atom. The molecule has 1 aromatic heterocycles. The van der Waals surface area contributed by atoms with Crippen LogP contribution in [0.1, 0.15) is 12.5 Å². The Balaban J connectivity index is 2.17. The van der Waals surface area contributed by atoms with Crippen molar-refractivity contribution < 1.29 is 4.74 Å². The third-order valence-electron chi connectivity index (χ3n) is 2.84. The summed E-state index contributed by atoms with van der Waals surface area (Å²) in [6.45, 7) is 3.63. The van der Waals surface area contributed by atoms with Crippen molar-refractivity contribution in [1.29, 1.82) is 0 Å². The Bertz CT molecular complexity index is 527. The number of nitrogens with zero attached hydrogens (tertiary/aromatic N) is 3. The lowest BCUT2D eigenvalue weighted by molar-refractivity contribution is 0.396. The van der Waals surface area contributed by atoms with Crippen molar-refractivity contribution in [3.05, 3.63) is 42.1 Å². The van der Waals surface area contributed by atoms with Gasteiger partial charge in [-0.1, -0.05) is 12.1 Å². The van der Waals surface area contributed by atoms with E-state index in [4.69, 9.17) is 10.5 Å². The van der Waals surface area contributed by atoms with Crippen molar-refractivity contribution in [1.82, 2.24) is 9.97 Å². The van der Waals surface area contributed by atoms with Crippen molar-refractivity contribution in [3.63, 3.8) is 0 Å². The molecule has 0 aliphatic heterocycles. The van der Waals surface area contributed by atoms with Gasteiger partial charge in [0.2, 0.25) is 11.8 Å². The predicted molar refractivity (Wildman–Crippen MR) is 76.2 cm³/mol. The lowest BCUT2D eigenvalue weighted by atomic mass is 10.2. The van der Waals surface area contributed by atoms with Gasteiger partial charge in [0.05, 0.1) is 7.11 Å². The summed E-state index contributed by atoms with van der Waals surface area (Å²) in [5, 5.41) is 0. The zero-order valence-electron chi connectivity index (χ0n) is 11.2. The highest BCUT2D eigenvalue weighted by Crippen LogP contribution is 2.15. The van der Waals surface area contributed by atoms with Crippen LogP contribution in [-0.4, -0.2) is 23.6 Å². The number of aromatic nitrogens is 2. The van der Waals surface area contributed by atoms with Gasteiger partial charge < -0.3 is 15.4 Å².